The first-order valence-electron chi connectivity index (χ1n) is 9.55. The van der Waals surface area contributed by atoms with Gasteiger partial charge in [0.1, 0.15) is 12.4 Å². The maximum Gasteiger partial charge on any atom is 0.296 e. The number of aliphatic hydroxyl groups is 1. The summed E-state index contributed by atoms with van der Waals surface area (Å²) in [5.74, 6) is -0.906. The molecule has 0 radical (unpaired) electrons. The van der Waals surface area contributed by atoms with Crippen molar-refractivity contribution in [3.05, 3.63) is 86.8 Å². The molecular formula is C23H20N2O4S2. The molecular weight excluding hydrogens is 432 g/mol. The fourth-order valence-corrected chi connectivity index (χ4v) is 4.97. The molecule has 3 aromatic rings. The van der Waals surface area contributed by atoms with Crippen molar-refractivity contribution in [2.45, 2.75) is 19.9 Å². The van der Waals surface area contributed by atoms with Gasteiger partial charge in [0.15, 0.2) is 10.9 Å². The Kier molecular flexibility index (Phi) is 5.75. The lowest BCUT2D eigenvalue weighted by Crippen LogP contribution is -2.31. The van der Waals surface area contributed by atoms with E-state index < -0.39 is 17.7 Å². The number of anilines is 1. The lowest BCUT2D eigenvalue weighted by Gasteiger charge is -2.24. The summed E-state index contributed by atoms with van der Waals surface area (Å²) in [5, 5.41) is 13.0. The maximum atomic E-state index is 13.3. The van der Waals surface area contributed by atoms with E-state index in [1.165, 1.54) is 27.6 Å². The number of aromatic nitrogens is 1. The molecule has 0 unspecified atom stereocenters. The first-order valence-corrected chi connectivity index (χ1v) is 11.2. The highest BCUT2D eigenvalue weighted by atomic mass is 32.1. The zero-order chi connectivity index (χ0) is 22.1. The van der Waals surface area contributed by atoms with Gasteiger partial charge in [-0.25, -0.2) is 4.98 Å². The van der Waals surface area contributed by atoms with Gasteiger partial charge in [0, 0.05) is 4.88 Å². The molecule has 2 aromatic heterocycles. The Bertz CT molecular complexity index is 1160. The lowest BCUT2D eigenvalue weighted by atomic mass is 9.95. The van der Waals surface area contributed by atoms with Gasteiger partial charge in [-0.2, -0.15) is 0 Å². The summed E-state index contributed by atoms with van der Waals surface area (Å²) < 4.78 is 5.54. The number of carbonyl (C=O) groups is 2. The van der Waals surface area contributed by atoms with Crippen LogP contribution in [0, 0.1) is 13.8 Å². The minimum atomic E-state index is -0.791. The van der Waals surface area contributed by atoms with Crippen LogP contribution in [0.1, 0.15) is 31.8 Å². The van der Waals surface area contributed by atoms with E-state index in [1.54, 1.807) is 47.9 Å². The van der Waals surface area contributed by atoms with E-state index in [-0.39, 0.29) is 11.4 Å². The lowest BCUT2D eigenvalue weighted by molar-refractivity contribution is -0.117. The second-order valence-electron chi connectivity index (χ2n) is 6.95. The normalized spacial score (nSPS) is 16.1. The van der Waals surface area contributed by atoms with E-state index in [9.17, 15) is 14.7 Å². The van der Waals surface area contributed by atoms with E-state index in [1.807, 2.05) is 13.8 Å². The molecule has 1 atom stereocenters. The van der Waals surface area contributed by atoms with Gasteiger partial charge in [0.05, 0.1) is 22.2 Å². The SMILES string of the molecule is C=CCOc1ccc([C@H]2C(C(=O)c3cccs3)=C(O)C(=O)N2c2nc(C)c(C)s2)cc1. The van der Waals surface area contributed by atoms with E-state index in [0.29, 0.717) is 27.9 Å². The summed E-state index contributed by atoms with van der Waals surface area (Å²) in [5.41, 5.74) is 1.53. The van der Waals surface area contributed by atoms with Crippen LogP contribution in [0.15, 0.2) is 65.8 Å². The predicted molar refractivity (Wildman–Crippen MR) is 122 cm³/mol. The third kappa shape index (κ3) is 3.80. The zero-order valence-electron chi connectivity index (χ0n) is 17.0. The number of ketones is 1. The number of hydrogen-bond donors (Lipinski definition) is 1. The topological polar surface area (TPSA) is 79.7 Å². The van der Waals surface area contributed by atoms with E-state index in [0.717, 1.165) is 10.6 Å². The van der Waals surface area contributed by atoms with Crippen LogP contribution in [0.2, 0.25) is 0 Å². The van der Waals surface area contributed by atoms with Crippen molar-refractivity contribution in [2.24, 2.45) is 0 Å². The van der Waals surface area contributed by atoms with Crippen LogP contribution in [0.3, 0.4) is 0 Å². The molecule has 31 heavy (non-hydrogen) atoms. The molecule has 0 saturated carbocycles. The summed E-state index contributed by atoms with van der Waals surface area (Å²) in [4.78, 5) is 33.7. The van der Waals surface area contributed by atoms with E-state index in [2.05, 4.69) is 11.6 Å². The number of thiophene rings is 1. The number of amides is 1. The molecule has 8 heteroatoms. The summed E-state index contributed by atoms with van der Waals surface area (Å²) >= 11 is 2.62. The van der Waals surface area contributed by atoms with Crippen molar-refractivity contribution in [1.29, 1.82) is 0 Å². The second kappa shape index (κ2) is 8.49. The Morgan fingerprint density at radius 3 is 2.61 bits per heavy atom. The molecule has 3 heterocycles. The van der Waals surface area contributed by atoms with Gasteiger partial charge in [0.25, 0.3) is 5.91 Å². The zero-order valence-corrected chi connectivity index (χ0v) is 18.6. The van der Waals surface area contributed by atoms with Gasteiger partial charge in [0.2, 0.25) is 5.78 Å². The first-order chi connectivity index (χ1) is 14.9. The Labute approximate surface area is 187 Å². The number of hydrogen-bond acceptors (Lipinski definition) is 7. The molecule has 1 aromatic carbocycles. The van der Waals surface area contributed by atoms with Gasteiger partial charge in [-0.15, -0.1) is 22.7 Å². The smallest absolute Gasteiger partial charge is 0.296 e. The minimum Gasteiger partial charge on any atom is -0.503 e. The minimum absolute atomic E-state index is 0.0534. The highest BCUT2D eigenvalue weighted by Crippen LogP contribution is 2.44. The second-order valence-corrected chi connectivity index (χ2v) is 9.08. The Hall–Kier alpha value is -3.23. The Morgan fingerprint density at radius 1 is 1.29 bits per heavy atom. The number of Topliss-reactive ketones (excluding diaryl/α,β-unsaturated/α-hetero) is 1. The summed E-state index contributed by atoms with van der Waals surface area (Å²) in [6.07, 6.45) is 1.65. The maximum absolute atomic E-state index is 13.3. The Balaban J connectivity index is 1.82. The monoisotopic (exact) mass is 452 g/mol. The van der Waals surface area contributed by atoms with Gasteiger partial charge < -0.3 is 9.84 Å². The first kappa shape index (κ1) is 21.0. The van der Waals surface area contributed by atoms with Crippen molar-refractivity contribution in [1.82, 2.24) is 4.98 Å². The standard InChI is InChI=1S/C23H20N2O4S2/c1-4-11-29-16-9-7-15(8-10-16)19-18(20(26)17-6-5-12-30-17)21(27)22(28)25(19)23-24-13(2)14(3)31-23/h4-10,12,19,27H,1,11H2,2-3H3/t19-/m0/s1. The van der Waals surface area contributed by atoms with Gasteiger partial charge >= 0.3 is 0 Å². The van der Waals surface area contributed by atoms with Crippen molar-refractivity contribution >= 4 is 39.5 Å². The Morgan fingerprint density at radius 2 is 2.03 bits per heavy atom. The molecule has 1 aliphatic rings. The molecule has 0 saturated heterocycles. The number of thiazole rings is 1. The van der Waals surface area contributed by atoms with Gasteiger partial charge in [-0.1, -0.05) is 30.9 Å². The highest BCUT2D eigenvalue weighted by molar-refractivity contribution is 7.16. The molecule has 4 rings (SSSR count). The third-order valence-corrected chi connectivity index (χ3v) is 6.93. The number of nitrogens with zero attached hydrogens (tertiary/aromatic N) is 2. The summed E-state index contributed by atoms with van der Waals surface area (Å²) in [6.45, 7) is 7.78. The average Bonchev–Trinajstić information content (AvgIpc) is 3.47. The van der Waals surface area contributed by atoms with Crippen LogP contribution >= 0.6 is 22.7 Å². The fraction of sp³-hybridized carbons (Fsp3) is 0.174. The summed E-state index contributed by atoms with van der Waals surface area (Å²) in [6, 6.07) is 9.76. The molecule has 0 aliphatic carbocycles. The number of aryl methyl sites for hydroxylation is 2. The predicted octanol–water partition coefficient (Wildman–Crippen LogP) is 5.17. The van der Waals surface area contributed by atoms with E-state index >= 15 is 0 Å². The molecule has 0 bridgehead atoms. The molecule has 1 aliphatic heterocycles. The van der Waals surface area contributed by atoms with Gasteiger partial charge in [-0.3, -0.25) is 14.5 Å². The summed E-state index contributed by atoms with van der Waals surface area (Å²) in [7, 11) is 0. The number of carbonyl (C=O) groups excluding carboxylic acids is 2. The number of rotatable bonds is 7. The quantitative estimate of drug-likeness (QED) is 0.395. The van der Waals surface area contributed by atoms with Crippen molar-refractivity contribution < 1.29 is 19.4 Å². The van der Waals surface area contributed by atoms with Crippen LogP contribution in [0.25, 0.3) is 0 Å². The highest BCUT2D eigenvalue weighted by Gasteiger charge is 2.46. The van der Waals surface area contributed by atoms with Crippen LogP contribution < -0.4 is 9.64 Å². The van der Waals surface area contributed by atoms with Crippen LogP contribution in [-0.2, 0) is 4.79 Å². The van der Waals surface area contributed by atoms with Crippen molar-refractivity contribution in [3.8, 4) is 5.75 Å². The van der Waals surface area contributed by atoms with Crippen molar-refractivity contribution in [3.63, 3.8) is 0 Å². The largest absolute Gasteiger partial charge is 0.503 e. The molecule has 6 nitrogen and oxygen atoms in total. The van der Waals surface area contributed by atoms with Crippen LogP contribution in [0.4, 0.5) is 5.13 Å². The molecule has 0 fully saturated rings. The average molecular weight is 453 g/mol. The van der Waals surface area contributed by atoms with Crippen LogP contribution in [0.5, 0.6) is 5.75 Å². The molecule has 0 spiro atoms. The molecule has 158 valence electrons. The molecule has 1 amide bonds. The van der Waals surface area contributed by atoms with E-state index in [4.69, 9.17) is 4.74 Å². The number of aliphatic hydroxyl groups excluding tert-OH is 1. The van der Waals surface area contributed by atoms with Crippen molar-refractivity contribution in [2.75, 3.05) is 11.5 Å². The fourth-order valence-electron chi connectivity index (χ4n) is 3.35. The number of ether oxygens (including phenoxy) is 1. The van der Waals surface area contributed by atoms with Gasteiger partial charge in [-0.05, 0) is 43.0 Å². The van der Waals surface area contributed by atoms with Crippen LogP contribution in [-0.4, -0.2) is 28.4 Å². The third-order valence-electron chi connectivity index (χ3n) is 4.98. The molecule has 1 N–H and O–H groups in total. The number of benzene rings is 1.